The maximum Gasteiger partial charge on any atom is 0.315 e. The Morgan fingerprint density at radius 3 is 2.62 bits per heavy atom. The van der Waals surface area contributed by atoms with Crippen LogP contribution in [0, 0.1) is 11.8 Å². The van der Waals surface area contributed by atoms with Gasteiger partial charge in [-0.1, -0.05) is 25.3 Å². The predicted octanol–water partition coefficient (Wildman–Crippen LogP) is 2.29. The molecule has 16 heavy (non-hydrogen) atoms. The highest BCUT2D eigenvalue weighted by Gasteiger charge is 2.32. The van der Waals surface area contributed by atoms with Crippen LogP contribution in [0.25, 0.3) is 0 Å². The predicted molar refractivity (Wildman–Crippen MR) is 62.9 cm³/mol. The Kier molecular flexibility index (Phi) is 5.53. The van der Waals surface area contributed by atoms with Gasteiger partial charge in [0.05, 0.1) is 12.7 Å². The minimum Gasteiger partial charge on any atom is -0.465 e. The van der Waals surface area contributed by atoms with Gasteiger partial charge in [-0.2, -0.15) is 0 Å². The van der Waals surface area contributed by atoms with Gasteiger partial charge in [-0.3, -0.25) is 4.79 Å². The highest BCUT2D eigenvalue weighted by atomic mass is 16.5. The lowest BCUT2D eigenvalue weighted by Crippen LogP contribution is -2.35. The lowest BCUT2D eigenvalue weighted by atomic mass is 9.80. The van der Waals surface area contributed by atoms with E-state index in [9.17, 15) is 9.90 Å². The molecule has 2 unspecified atom stereocenters. The molecule has 0 spiro atoms. The van der Waals surface area contributed by atoms with Crippen LogP contribution in [0.3, 0.4) is 0 Å². The number of esters is 1. The second-order valence-electron chi connectivity index (χ2n) is 4.40. The summed E-state index contributed by atoms with van der Waals surface area (Å²) in [5, 5.41) is 10.2. The number of rotatable bonds is 5. The molecule has 3 heteroatoms. The van der Waals surface area contributed by atoms with Crippen molar-refractivity contribution in [1.29, 1.82) is 0 Å². The van der Waals surface area contributed by atoms with Crippen molar-refractivity contribution in [2.24, 2.45) is 11.8 Å². The molecule has 92 valence electrons. The van der Waals surface area contributed by atoms with Gasteiger partial charge < -0.3 is 9.84 Å². The van der Waals surface area contributed by atoms with Crippen molar-refractivity contribution >= 4 is 5.97 Å². The van der Waals surface area contributed by atoms with Crippen molar-refractivity contribution in [3.8, 4) is 0 Å². The molecule has 0 bridgehead atoms. The van der Waals surface area contributed by atoms with Gasteiger partial charge in [-0.25, -0.2) is 0 Å². The van der Waals surface area contributed by atoms with E-state index in [4.69, 9.17) is 4.74 Å². The van der Waals surface area contributed by atoms with Crippen LogP contribution in [0.1, 0.15) is 39.0 Å². The molecule has 0 aliphatic heterocycles. The molecule has 0 aromatic carbocycles. The molecule has 0 aromatic heterocycles. The number of carbonyl (C=O) groups excluding carboxylic acids is 1. The summed E-state index contributed by atoms with van der Waals surface area (Å²) < 4.78 is 4.94. The average molecular weight is 226 g/mol. The van der Waals surface area contributed by atoms with Gasteiger partial charge >= 0.3 is 5.97 Å². The van der Waals surface area contributed by atoms with Crippen LogP contribution in [0.5, 0.6) is 0 Å². The molecule has 0 heterocycles. The summed E-state index contributed by atoms with van der Waals surface area (Å²) in [4.78, 5) is 11.6. The summed E-state index contributed by atoms with van der Waals surface area (Å²) in [6, 6.07) is 0. The zero-order valence-electron chi connectivity index (χ0n) is 10.0. The quantitative estimate of drug-likeness (QED) is 0.578. The van der Waals surface area contributed by atoms with E-state index in [0.29, 0.717) is 6.61 Å². The normalized spacial score (nSPS) is 21.1. The van der Waals surface area contributed by atoms with Crippen LogP contribution in [0.4, 0.5) is 0 Å². The van der Waals surface area contributed by atoms with Crippen molar-refractivity contribution in [1.82, 2.24) is 0 Å². The monoisotopic (exact) mass is 226 g/mol. The van der Waals surface area contributed by atoms with E-state index in [1.807, 2.05) is 0 Å². The second-order valence-corrected chi connectivity index (χ2v) is 4.40. The van der Waals surface area contributed by atoms with E-state index >= 15 is 0 Å². The maximum absolute atomic E-state index is 11.6. The van der Waals surface area contributed by atoms with Gasteiger partial charge in [0, 0.05) is 0 Å². The Bertz CT molecular complexity index is 231. The molecule has 1 rings (SSSR count). The Hall–Kier alpha value is -0.830. The molecule has 1 fully saturated rings. The summed E-state index contributed by atoms with van der Waals surface area (Å²) >= 11 is 0. The molecule has 0 saturated heterocycles. The van der Waals surface area contributed by atoms with Crippen LogP contribution in [-0.2, 0) is 9.53 Å². The molecule has 3 nitrogen and oxygen atoms in total. The molecule has 2 atom stereocenters. The minimum absolute atomic E-state index is 0.223. The zero-order valence-corrected chi connectivity index (χ0v) is 10.0. The van der Waals surface area contributed by atoms with Crippen molar-refractivity contribution in [3.05, 3.63) is 12.7 Å². The van der Waals surface area contributed by atoms with Gasteiger partial charge in [0.15, 0.2) is 0 Å². The van der Waals surface area contributed by atoms with Crippen molar-refractivity contribution in [2.45, 2.75) is 45.1 Å². The summed E-state index contributed by atoms with van der Waals surface area (Å²) in [6.45, 7) is 5.74. The molecular weight excluding hydrogens is 204 g/mol. The maximum atomic E-state index is 11.6. The molecule has 1 saturated carbocycles. The summed E-state index contributed by atoms with van der Waals surface area (Å²) in [6.07, 6.45) is 6.42. The third-order valence-electron chi connectivity index (χ3n) is 3.31. The average Bonchev–Trinajstić information content (AvgIpc) is 2.31. The van der Waals surface area contributed by atoms with E-state index in [-0.39, 0.29) is 11.9 Å². The lowest BCUT2D eigenvalue weighted by molar-refractivity contribution is -0.151. The van der Waals surface area contributed by atoms with Gasteiger partial charge in [0.2, 0.25) is 0 Å². The summed E-state index contributed by atoms with van der Waals surface area (Å²) in [5.74, 6) is -0.695. The number of aliphatic hydroxyl groups is 1. The van der Waals surface area contributed by atoms with Crippen molar-refractivity contribution in [3.63, 3.8) is 0 Å². The third-order valence-corrected chi connectivity index (χ3v) is 3.31. The van der Waals surface area contributed by atoms with Gasteiger partial charge in [0.25, 0.3) is 0 Å². The van der Waals surface area contributed by atoms with Crippen LogP contribution in [0.15, 0.2) is 12.7 Å². The highest BCUT2D eigenvalue weighted by molar-refractivity contribution is 5.75. The standard InChI is InChI=1S/C13H22O3/c1-3-11(13(15)16-4-2)12(14)10-8-6-5-7-9-10/h3,10-12,14H,1,4-9H2,2H3. The Balaban J connectivity index is 2.56. The topological polar surface area (TPSA) is 46.5 Å². The molecule has 0 amide bonds. The fourth-order valence-corrected chi connectivity index (χ4v) is 2.38. The van der Waals surface area contributed by atoms with E-state index in [0.717, 1.165) is 25.7 Å². The van der Waals surface area contributed by atoms with Crippen LogP contribution >= 0.6 is 0 Å². The van der Waals surface area contributed by atoms with Gasteiger partial charge in [-0.05, 0) is 25.7 Å². The fourth-order valence-electron chi connectivity index (χ4n) is 2.38. The van der Waals surface area contributed by atoms with Crippen LogP contribution in [0.2, 0.25) is 0 Å². The largest absolute Gasteiger partial charge is 0.465 e. The number of hydrogen-bond acceptors (Lipinski definition) is 3. The van der Waals surface area contributed by atoms with E-state index in [1.54, 1.807) is 6.92 Å². The first-order chi connectivity index (χ1) is 7.70. The van der Waals surface area contributed by atoms with E-state index in [2.05, 4.69) is 6.58 Å². The summed E-state index contributed by atoms with van der Waals surface area (Å²) in [5.41, 5.74) is 0. The Morgan fingerprint density at radius 1 is 1.50 bits per heavy atom. The molecule has 1 aliphatic carbocycles. The summed E-state index contributed by atoms with van der Waals surface area (Å²) in [7, 11) is 0. The van der Waals surface area contributed by atoms with Gasteiger partial charge in [0.1, 0.15) is 5.92 Å². The Morgan fingerprint density at radius 2 is 2.12 bits per heavy atom. The second kappa shape index (κ2) is 6.69. The fraction of sp³-hybridized carbons (Fsp3) is 0.769. The smallest absolute Gasteiger partial charge is 0.315 e. The van der Waals surface area contributed by atoms with Crippen molar-refractivity contribution in [2.75, 3.05) is 6.61 Å². The number of aliphatic hydroxyl groups excluding tert-OH is 1. The Labute approximate surface area is 97.5 Å². The number of ether oxygens (including phenoxy) is 1. The zero-order chi connectivity index (χ0) is 12.0. The van der Waals surface area contributed by atoms with Crippen LogP contribution < -0.4 is 0 Å². The molecule has 0 radical (unpaired) electrons. The van der Waals surface area contributed by atoms with Gasteiger partial charge in [-0.15, -0.1) is 6.58 Å². The number of hydrogen-bond donors (Lipinski definition) is 1. The minimum atomic E-state index is -0.628. The molecule has 1 N–H and O–H groups in total. The van der Waals surface area contributed by atoms with Crippen LogP contribution in [-0.4, -0.2) is 23.8 Å². The first-order valence-electron chi connectivity index (χ1n) is 6.18. The highest BCUT2D eigenvalue weighted by Crippen LogP contribution is 2.30. The lowest BCUT2D eigenvalue weighted by Gasteiger charge is -2.29. The van der Waals surface area contributed by atoms with E-state index < -0.39 is 12.0 Å². The van der Waals surface area contributed by atoms with E-state index in [1.165, 1.54) is 12.5 Å². The third kappa shape index (κ3) is 3.34. The first-order valence-corrected chi connectivity index (χ1v) is 6.18. The SMILES string of the molecule is C=CC(C(=O)OCC)C(O)C1CCCCC1. The first kappa shape index (κ1) is 13.2. The number of carbonyl (C=O) groups is 1. The molecule has 1 aliphatic rings. The molecular formula is C13H22O3. The van der Waals surface area contributed by atoms with Crippen molar-refractivity contribution < 1.29 is 14.6 Å². The molecule has 0 aromatic rings.